The van der Waals surface area contributed by atoms with E-state index in [1.807, 2.05) is 33.3 Å². The molecule has 0 aromatic carbocycles. The first-order valence-corrected chi connectivity index (χ1v) is 30.9. The van der Waals surface area contributed by atoms with Crippen LogP contribution in [-0.2, 0) is 27.9 Å². The smallest absolute Gasteiger partial charge is 0.456 e. The van der Waals surface area contributed by atoms with Crippen LogP contribution in [0.1, 0.15) is 245 Å². The summed E-state index contributed by atoms with van der Waals surface area (Å²) in [7, 11) is 1.47. The van der Waals surface area contributed by atoms with Crippen molar-refractivity contribution in [1.82, 2.24) is 5.32 Å². The van der Waals surface area contributed by atoms with Crippen LogP contribution < -0.4 is 5.32 Å². The first-order chi connectivity index (χ1) is 34.9. The molecular formula is C62H112N2O7P+. The number of hydrogen-bond donors (Lipinski definition) is 2. The van der Waals surface area contributed by atoms with Crippen molar-refractivity contribution in [2.45, 2.75) is 258 Å². The molecule has 0 saturated heterocycles. The summed E-state index contributed by atoms with van der Waals surface area (Å²) in [5.41, 5.74) is 0. The zero-order valence-corrected chi connectivity index (χ0v) is 48.3. The SMILES string of the molecule is CC/C=C/C=C/C=C\CCCCCCCC(=O)OC(/C=C\CCCCCCCCCCCC)C(COP(=O)(O)OCC[N+](C)(C)C)NC(=O)CCCCCCCCCC/C=C\C/C=C\C/C=C\CCCCC. The summed E-state index contributed by atoms with van der Waals surface area (Å²) < 4.78 is 30.6. The van der Waals surface area contributed by atoms with Crippen LogP contribution in [0.2, 0.25) is 0 Å². The maximum Gasteiger partial charge on any atom is 0.472 e. The van der Waals surface area contributed by atoms with Crippen LogP contribution in [0.4, 0.5) is 0 Å². The highest BCUT2D eigenvalue weighted by atomic mass is 31.2. The number of nitrogens with zero attached hydrogens (tertiary/aromatic N) is 1. The first kappa shape index (κ1) is 69.2. The van der Waals surface area contributed by atoms with E-state index in [2.05, 4.69) is 99.0 Å². The molecule has 72 heavy (non-hydrogen) atoms. The predicted octanol–water partition coefficient (Wildman–Crippen LogP) is 17.8. The summed E-state index contributed by atoms with van der Waals surface area (Å²) in [4.78, 5) is 37.6. The van der Waals surface area contributed by atoms with E-state index >= 15 is 0 Å². The topological polar surface area (TPSA) is 111 Å². The Morgan fingerprint density at radius 1 is 0.514 bits per heavy atom. The summed E-state index contributed by atoms with van der Waals surface area (Å²) in [6, 6.07) is -0.864. The van der Waals surface area contributed by atoms with Gasteiger partial charge in [-0.2, -0.15) is 0 Å². The standard InChI is InChI=1S/C62H111N2O7P/c1-7-10-13-16-19-22-25-28-29-30-31-32-33-34-35-37-39-42-45-48-51-54-61(65)63-59(58-70-72(67,68)69-57-56-64(4,5)6)60(53-50-47-44-41-38-27-24-21-18-15-12-9-3)71-62(66)55-52-49-46-43-40-36-26-23-20-17-14-11-8-2/h11,14,17,19-20,22-23,26,28-29,31-32,50,53,59-60H,7-10,12-13,15-16,18,21,24-25,27,30,33-49,51-52,54-58H2,1-6H3,(H-,63,65,67,68)/p+1/b14-11+,20-17+,22-19-,26-23-,29-28-,32-31-,53-50-. The van der Waals surface area contributed by atoms with Crippen molar-refractivity contribution in [3.63, 3.8) is 0 Å². The Balaban J connectivity index is 5.30. The van der Waals surface area contributed by atoms with Gasteiger partial charge in [-0.1, -0.05) is 228 Å². The van der Waals surface area contributed by atoms with Crippen molar-refractivity contribution in [3.05, 3.63) is 85.1 Å². The van der Waals surface area contributed by atoms with E-state index in [0.29, 0.717) is 23.9 Å². The van der Waals surface area contributed by atoms with Crippen LogP contribution in [0.3, 0.4) is 0 Å². The third kappa shape index (κ3) is 52.1. The lowest BCUT2D eigenvalue weighted by molar-refractivity contribution is -0.870. The molecule has 0 rings (SSSR count). The number of esters is 1. The van der Waals surface area contributed by atoms with E-state index in [1.165, 1.54) is 103 Å². The molecule has 0 fully saturated rings. The minimum atomic E-state index is -4.46. The van der Waals surface area contributed by atoms with E-state index < -0.39 is 20.0 Å². The zero-order chi connectivity index (χ0) is 52.9. The van der Waals surface area contributed by atoms with Gasteiger partial charge in [-0.25, -0.2) is 4.57 Å². The molecule has 0 radical (unpaired) electrons. The van der Waals surface area contributed by atoms with Gasteiger partial charge < -0.3 is 19.4 Å². The molecule has 3 unspecified atom stereocenters. The van der Waals surface area contributed by atoms with Gasteiger partial charge in [0.05, 0.1) is 33.8 Å². The predicted molar refractivity (Wildman–Crippen MR) is 309 cm³/mol. The normalized spacial score (nSPS) is 14.4. The van der Waals surface area contributed by atoms with Gasteiger partial charge >= 0.3 is 13.8 Å². The molecule has 0 aliphatic rings. The molecule has 1 amide bonds. The molecule has 9 nitrogen and oxygen atoms in total. The van der Waals surface area contributed by atoms with E-state index in [1.54, 1.807) is 0 Å². The second-order valence-corrected chi connectivity index (χ2v) is 22.3. The molecule has 10 heteroatoms. The molecule has 416 valence electrons. The number of carbonyl (C=O) groups excluding carboxylic acids is 2. The fourth-order valence-electron chi connectivity index (χ4n) is 8.06. The minimum absolute atomic E-state index is 0.0315. The van der Waals surface area contributed by atoms with Gasteiger partial charge in [0.2, 0.25) is 5.91 Å². The van der Waals surface area contributed by atoms with Crippen molar-refractivity contribution in [1.29, 1.82) is 0 Å². The minimum Gasteiger partial charge on any atom is -0.456 e. The number of rotatable bonds is 52. The van der Waals surface area contributed by atoms with Crippen LogP contribution in [0.5, 0.6) is 0 Å². The number of ether oxygens (including phenoxy) is 1. The lowest BCUT2D eigenvalue weighted by Gasteiger charge is -2.27. The molecule has 0 aliphatic heterocycles. The number of quaternary nitrogens is 1. The van der Waals surface area contributed by atoms with Crippen LogP contribution in [0, 0.1) is 0 Å². The van der Waals surface area contributed by atoms with Gasteiger partial charge in [-0.15, -0.1) is 0 Å². The van der Waals surface area contributed by atoms with Gasteiger partial charge in [0, 0.05) is 12.8 Å². The molecule has 0 aromatic rings. The molecule has 0 heterocycles. The summed E-state index contributed by atoms with van der Waals surface area (Å²) >= 11 is 0. The van der Waals surface area contributed by atoms with Crippen molar-refractivity contribution in [3.8, 4) is 0 Å². The molecule has 0 aromatic heterocycles. The Morgan fingerprint density at radius 2 is 0.944 bits per heavy atom. The molecule has 0 bridgehead atoms. The van der Waals surface area contributed by atoms with E-state index in [9.17, 15) is 19.0 Å². The van der Waals surface area contributed by atoms with Crippen molar-refractivity contribution < 1.29 is 37.3 Å². The van der Waals surface area contributed by atoms with E-state index in [-0.39, 0.29) is 31.5 Å². The third-order valence-corrected chi connectivity index (χ3v) is 13.6. The highest BCUT2D eigenvalue weighted by Gasteiger charge is 2.30. The fraction of sp³-hybridized carbons (Fsp3) is 0.742. The molecule has 0 saturated carbocycles. The number of allylic oxidation sites excluding steroid dienone is 13. The zero-order valence-electron chi connectivity index (χ0n) is 47.4. The summed E-state index contributed by atoms with van der Waals surface area (Å²) in [6.45, 7) is 6.82. The first-order valence-electron chi connectivity index (χ1n) is 29.4. The van der Waals surface area contributed by atoms with Gasteiger partial charge in [-0.3, -0.25) is 18.6 Å². The lowest BCUT2D eigenvalue weighted by atomic mass is 10.0. The van der Waals surface area contributed by atoms with Gasteiger partial charge in [0.25, 0.3) is 0 Å². The van der Waals surface area contributed by atoms with Gasteiger partial charge in [-0.05, 0) is 89.5 Å². The van der Waals surface area contributed by atoms with Crippen molar-refractivity contribution in [2.75, 3.05) is 40.9 Å². The number of hydrogen-bond acceptors (Lipinski definition) is 6. The molecule has 0 aliphatic carbocycles. The second-order valence-electron chi connectivity index (χ2n) is 20.8. The quantitative estimate of drug-likeness (QED) is 0.0156. The second kappa shape index (κ2) is 51.7. The number of likely N-dealkylation sites (N-methyl/N-ethyl adjacent to an activating group) is 1. The average molecular weight is 1030 g/mol. The highest BCUT2D eigenvalue weighted by Crippen LogP contribution is 2.43. The lowest BCUT2D eigenvalue weighted by Crippen LogP contribution is -2.47. The molecule has 0 spiro atoms. The van der Waals surface area contributed by atoms with Crippen LogP contribution in [0.15, 0.2) is 85.1 Å². The third-order valence-electron chi connectivity index (χ3n) is 12.6. The number of carbonyl (C=O) groups is 2. The van der Waals surface area contributed by atoms with Crippen molar-refractivity contribution in [2.24, 2.45) is 0 Å². The van der Waals surface area contributed by atoms with Gasteiger partial charge in [0.15, 0.2) is 0 Å². The van der Waals surface area contributed by atoms with Gasteiger partial charge in [0.1, 0.15) is 19.3 Å². The highest BCUT2D eigenvalue weighted by molar-refractivity contribution is 7.47. The monoisotopic (exact) mass is 1030 g/mol. The summed E-state index contributed by atoms with van der Waals surface area (Å²) in [5, 5.41) is 3.04. The maximum atomic E-state index is 13.5. The Labute approximate surface area is 444 Å². The number of amides is 1. The van der Waals surface area contributed by atoms with E-state index in [4.69, 9.17) is 13.8 Å². The largest absolute Gasteiger partial charge is 0.472 e. The van der Waals surface area contributed by atoms with Crippen LogP contribution in [0.25, 0.3) is 0 Å². The number of unbranched alkanes of at least 4 members (excludes halogenated alkanes) is 26. The summed E-state index contributed by atoms with van der Waals surface area (Å²) in [5.74, 6) is -0.541. The van der Waals surface area contributed by atoms with Crippen molar-refractivity contribution >= 4 is 19.7 Å². The Kier molecular flexibility index (Phi) is 49.6. The average Bonchev–Trinajstić information content (AvgIpc) is 3.34. The fourth-order valence-corrected chi connectivity index (χ4v) is 8.80. The maximum absolute atomic E-state index is 13.5. The molecule has 3 atom stereocenters. The van der Waals surface area contributed by atoms with E-state index in [0.717, 1.165) is 103 Å². The number of phosphoric ester groups is 1. The molecule has 2 N–H and O–H groups in total. The Morgan fingerprint density at radius 3 is 1.47 bits per heavy atom. The number of phosphoric acid groups is 1. The van der Waals surface area contributed by atoms with Crippen LogP contribution >= 0.6 is 7.82 Å². The number of nitrogens with one attached hydrogen (secondary N) is 1. The summed E-state index contributed by atoms with van der Waals surface area (Å²) in [6.07, 6.45) is 67.2. The van der Waals surface area contributed by atoms with Crippen LogP contribution in [-0.4, -0.2) is 74.3 Å². The molecular weight excluding hydrogens is 916 g/mol. The Bertz CT molecular complexity index is 1510. The Hall–Kier alpha value is -2.81.